The summed E-state index contributed by atoms with van der Waals surface area (Å²) in [4.78, 5) is 3.84. The Bertz CT molecular complexity index is 314. The molecule has 0 saturated carbocycles. The maximum absolute atomic E-state index is 12.7. The first-order chi connectivity index (χ1) is 6.13. The van der Waals surface area contributed by atoms with Crippen LogP contribution in [0.2, 0.25) is 0 Å². The number of hydrogen-bond donors (Lipinski definition) is 1. The molecule has 70 valence electrons. The molecular weight excluding hydrogens is 174 g/mol. The zero-order chi connectivity index (χ0) is 9.84. The number of nitrogens with two attached hydrogens (primary N) is 1. The summed E-state index contributed by atoms with van der Waals surface area (Å²) < 4.78 is 25.4. The summed E-state index contributed by atoms with van der Waals surface area (Å²) in [7, 11) is 0. The molecule has 2 nitrogen and oxygen atoms in total. The number of aliphatic imine (C=N–C) groups is 1. The fourth-order valence-electron chi connectivity index (χ4n) is 0.963. The summed E-state index contributed by atoms with van der Waals surface area (Å²) in [6, 6.07) is 3.10. The normalized spacial score (nSPS) is 11.8. The molecule has 0 aliphatic heterocycles. The molecule has 0 aliphatic carbocycles. The van der Waals surface area contributed by atoms with Crippen molar-refractivity contribution in [2.24, 2.45) is 10.7 Å². The summed E-state index contributed by atoms with van der Waals surface area (Å²) in [6.07, 6.45) is 0. The Kier molecular flexibility index (Phi) is 2.95. The number of rotatable bonds is 2. The molecule has 0 fully saturated rings. The van der Waals surface area contributed by atoms with E-state index in [9.17, 15) is 8.78 Å². The van der Waals surface area contributed by atoms with Gasteiger partial charge in [0.1, 0.15) is 17.5 Å². The van der Waals surface area contributed by atoms with Gasteiger partial charge in [-0.1, -0.05) is 0 Å². The van der Waals surface area contributed by atoms with Crippen molar-refractivity contribution in [2.45, 2.75) is 6.92 Å². The lowest BCUT2D eigenvalue weighted by Gasteiger charge is -2.00. The average molecular weight is 184 g/mol. The third-order valence-electron chi connectivity index (χ3n) is 1.49. The monoisotopic (exact) mass is 184 g/mol. The predicted octanol–water partition coefficient (Wildman–Crippen LogP) is 1.69. The van der Waals surface area contributed by atoms with Crippen LogP contribution in [0.15, 0.2) is 23.2 Å². The van der Waals surface area contributed by atoms with E-state index < -0.39 is 11.6 Å². The Hall–Kier alpha value is -1.45. The van der Waals surface area contributed by atoms with E-state index in [4.69, 9.17) is 5.73 Å². The van der Waals surface area contributed by atoms with Crippen molar-refractivity contribution in [1.82, 2.24) is 0 Å². The average Bonchev–Trinajstić information content (AvgIpc) is 2.03. The van der Waals surface area contributed by atoms with Gasteiger partial charge in [-0.2, -0.15) is 0 Å². The van der Waals surface area contributed by atoms with Crippen molar-refractivity contribution in [1.29, 1.82) is 0 Å². The van der Waals surface area contributed by atoms with Crippen LogP contribution in [-0.4, -0.2) is 12.4 Å². The highest BCUT2D eigenvalue weighted by Crippen LogP contribution is 2.07. The van der Waals surface area contributed by atoms with Gasteiger partial charge in [-0.25, -0.2) is 8.78 Å². The van der Waals surface area contributed by atoms with Gasteiger partial charge in [-0.05, 0) is 19.1 Å². The Morgan fingerprint density at radius 3 is 2.31 bits per heavy atom. The highest BCUT2D eigenvalue weighted by atomic mass is 19.1. The fourth-order valence-corrected chi connectivity index (χ4v) is 0.963. The third kappa shape index (κ3) is 2.50. The highest BCUT2D eigenvalue weighted by molar-refractivity contribution is 5.97. The van der Waals surface area contributed by atoms with E-state index in [-0.39, 0.29) is 11.4 Å². The second-order valence-electron chi connectivity index (χ2n) is 2.52. The van der Waals surface area contributed by atoms with Gasteiger partial charge in [0, 0.05) is 18.2 Å². The molecule has 0 aromatic heterocycles. The molecule has 0 radical (unpaired) electrons. The number of amidine groups is 1. The molecule has 0 atom stereocenters. The largest absolute Gasteiger partial charge is 0.384 e. The van der Waals surface area contributed by atoms with Crippen LogP contribution in [0.5, 0.6) is 0 Å². The molecule has 0 bridgehead atoms. The van der Waals surface area contributed by atoms with Crippen molar-refractivity contribution in [2.75, 3.05) is 6.54 Å². The van der Waals surface area contributed by atoms with Crippen molar-refractivity contribution in [3.8, 4) is 0 Å². The molecule has 4 heteroatoms. The molecule has 0 aliphatic rings. The minimum atomic E-state index is -0.649. The van der Waals surface area contributed by atoms with Gasteiger partial charge in [0.2, 0.25) is 0 Å². The third-order valence-corrected chi connectivity index (χ3v) is 1.49. The van der Waals surface area contributed by atoms with E-state index >= 15 is 0 Å². The van der Waals surface area contributed by atoms with Crippen LogP contribution in [0.25, 0.3) is 0 Å². The lowest BCUT2D eigenvalue weighted by molar-refractivity contribution is 0.583. The van der Waals surface area contributed by atoms with Gasteiger partial charge < -0.3 is 5.73 Å². The molecule has 0 saturated heterocycles. The first-order valence-electron chi connectivity index (χ1n) is 3.90. The molecule has 0 spiro atoms. The quantitative estimate of drug-likeness (QED) is 0.551. The van der Waals surface area contributed by atoms with Gasteiger partial charge >= 0.3 is 0 Å². The van der Waals surface area contributed by atoms with E-state index in [1.165, 1.54) is 0 Å². The van der Waals surface area contributed by atoms with Crippen LogP contribution >= 0.6 is 0 Å². The van der Waals surface area contributed by atoms with E-state index in [1.54, 1.807) is 6.92 Å². The number of nitrogens with zero attached hydrogens (tertiary/aromatic N) is 1. The first-order valence-corrected chi connectivity index (χ1v) is 3.90. The molecular formula is C9H10F2N2. The molecule has 1 aromatic carbocycles. The van der Waals surface area contributed by atoms with Crippen LogP contribution < -0.4 is 5.73 Å². The predicted molar refractivity (Wildman–Crippen MR) is 47.6 cm³/mol. The zero-order valence-corrected chi connectivity index (χ0v) is 7.22. The summed E-state index contributed by atoms with van der Waals surface area (Å²) in [5.41, 5.74) is 5.74. The van der Waals surface area contributed by atoms with Crippen LogP contribution in [0.4, 0.5) is 8.78 Å². The lowest BCUT2D eigenvalue weighted by Crippen LogP contribution is -2.14. The second kappa shape index (κ2) is 3.98. The van der Waals surface area contributed by atoms with Gasteiger partial charge in [-0.15, -0.1) is 0 Å². The van der Waals surface area contributed by atoms with Crippen molar-refractivity contribution < 1.29 is 8.78 Å². The smallest absolute Gasteiger partial charge is 0.126 e. The summed E-state index contributed by atoms with van der Waals surface area (Å²) >= 11 is 0. The van der Waals surface area contributed by atoms with Gasteiger partial charge in [0.15, 0.2) is 0 Å². The molecule has 0 heterocycles. The number of hydrogen-bond acceptors (Lipinski definition) is 1. The molecule has 2 N–H and O–H groups in total. The fraction of sp³-hybridized carbons (Fsp3) is 0.222. The van der Waals surface area contributed by atoms with E-state index in [1.807, 2.05) is 0 Å². The molecule has 0 amide bonds. The first kappa shape index (κ1) is 9.64. The van der Waals surface area contributed by atoms with Crippen molar-refractivity contribution >= 4 is 5.84 Å². The van der Waals surface area contributed by atoms with Crippen LogP contribution in [0.1, 0.15) is 12.5 Å². The van der Waals surface area contributed by atoms with Crippen LogP contribution in [0, 0.1) is 11.6 Å². The van der Waals surface area contributed by atoms with Gasteiger partial charge in [-0.3, -0.25) is 4.99 Å². The van der Waals surface area contributed by atoms with Crippen LogP contribution in [-0.2, 0) is 0 Å². The topological polar surface area (TPSA) is 38.4 Å². The molecule has 13 heavy (non-hydrogen) atoms. The standard InChI is InChI=1S/C9H10F2N2/c1-2-13-9(12)6-3-7(10)5-8(11)4-6/h3-5H,2H2,1H3,(H2,12,13). The van der Waals surface area contributed by atoms with Gasteiger partial charge in [0.05, 0.1) is 0 Å². The Morgan fingerprint density at radius 1 is 1.31 bits per heavy atom. The second-order valence-corrected chi connectivity index (χ2v) is 2.52. The van der Waals surface area contributed by atoms with E-state index in [0.29, 0.717) is 6.54 Å². The van der Waals surface area contributed by atoms with Crippen LogP contribution in [0.3, 0.4) is 0 Å². The van der Waals surface area contributed by atoms with E-state index in [2.05, 4.69) is 4.99 Å². The SMILES string of the molecule is CCN=C(N)c1cc(F)cc(F)c1. The van der Waals surface area contributed by atoms with Crippen molar-refractivity contribution in [3.05, 3.63) is 35.4 Å². The molecule has 0 unspecified atom stereocenters. The number of benzene rings is 1. The van der Waals surface area contributed by atoms with Crippen molar-refractivity contribution in [3.63, 3.8) is 0 Å². The zero-order valence-electron chi connectivity index (χ0n) is 7.22. The summed E-state index contributed by atoms with van der Waals surface area (Å²) in [5, 5.41) is 0. The lowest BCUT2D eigenvalue weighted by atomic mass is 10.2. The Balaban J connectivity index is 3.08. The molecule has 1 rings (SSSR count). The minimum absolute atomic E-state index is 0.154. The molecule has 1 aromatic rings. The van der Waals surface area contributed by atoms with E-state index in [0.717, 1.165) is 18.2 Å². The number of halogens is 2. The highest BCUT2D eigenvalue weighted by Gasteiger charge is 2.02. The summed E-state index contributed by atoms with van der Waals surface area (Å²) in [5.74, 6) is -1.14. The maximum Gasteiger partial charge on any atom is 0.126 e. The minimum Gasteiger partial charge on any atom is -0.384 e. The summed E-state index contributed by atoms with van der Waals surface area (Å²) in [6.45, 7) is 2.28. The Morgan fingerprint density at radius 2 is 1.85 bits per heavy atom. The maximum atomic E-state index is 12.7. The van der Waals surface area contributed by atoms with Gasteiger partial charge in [0.25, 0.3) is 0 Å². The Labute approximate surface area is 75.1 Å².